The SMILES string of the molecule is Nc1cc(-n2cc(C(=O)O)c(=O)c3cc(F)c(N4CC(N)C5(CC5)C4)nc32)c(F)cc1F. The molecule has 2 fully saturated rings. The van der Waals surface area contributed by atoms with Crippen LogP contribution in [0.1, 0.15) is 23.2 Å². The summed E-state index contributed by atoms with van der Waals surface area (Å²) in [7, 11) is 0. The van der Waals surface area contributed by atoms with Crippen molar-refractivity contribution < 1.29 is 23.1 Å². The van der Waals surface area contributed by atoms with E-state index in [2.05, 4.69) is 4.98 Å². The molecule has 1 aliphatic heterocycles. The van der Waals surface area contributed by atoms with Gasteiger partial charge in [0.15, 0.2) is 17.3 Å². The van der Waals surface area contributed by atoms with E-state index in [0.29, 0.717) is 19.2 Å². The largest absolute Gasteiger partial charge is 0.477 e. The number of hydrogen-bond acceptors (Lipinski definition) is 6. The van der Waals surface area contributed by atoms with E-state index in [1.807, 2.05) is 0 Å². The van der Waals surface area contributed by atoms with Crippen molar-refractivity contribution in [2.75, 3.05) is 23.7 Å². The van der Waals surface area contributed by atoms with Crippen molar-refractivity contribution in [3.63, 3.8) is 0 Å². The Morgan fingerprint density at radius 3 is 2.50 bits per heavy atom. The molecule has 3 heterocycles. The monoisotopic (exact) mass is 445 g/mol. The molecular formula is C21H18F3N5O3. The number of nitrogen functional groups attached to an aromatic ring is 1. The third kappa shape index (κ3) is 2.92. The van der Waals surface area contributed by atoms with Gasteiger partial charge < -0.3 is 21.5 Å². The van der Waals surface area contributed by atoms with Crippen LogP contribution in [0.3, 0.4) is 0 Å². The molecule has 0 radical (unpaired) electrons. The molecule has 1 atom stereocenters. The lowest BCUT2D eigenvalue weighted by atomic mass is 10.0. The maximum absolute atomic E-state index is 15.0. The van der Waals surface area contributed by atoms with Crippen LogP contribution >= 0.6 is 0 Å². The first-order valence-electron chi connectivity index (χ1n) is 9.86. The summed E-state index contributed by atoms with van der Waals surface area (Å²) in [6, 6.07) is 2.22. The van der Waals surface area contributed by atoms with Gasteiger partial charge in [0, 0.05) is 36.8 Å². The van der Waals surface area contributed by atoms with Crippen molar-refractivity contribution in [2.24, 2.45) is 11.1 Å². The Balaban J connectivity index is 1.79. The van der Waals surface area contributed by atoms with E-state index >= 15 is 4.39 Å². The van der Waals surface area contributed by atoms with Crippen molar-refractivity contribution in [3.05, 3.63) is 57.6 Å². The van der Waals surface area contributed by atoms with Crippen molar-refractivity contribution in [3.8, 4) is 5.69 Å². The molecule has 1 saturated heterocycles. The number of rotatable bonds is 3. The van der Waals surface area contributed by atoms with Gasteiger partial charge in [-0.3, -0.25) is 9.36 Å². The number of aromatic nitrogens is 2. The van der Waals surface area contributed by atoms with Crippen LogP contribution in [-0.4, -0.2) is 39.8 Å². The highest BCUT2D eigenvalue weighted by molar-refractivity contribution is 5.92. The predicted octanol–water partition coefficient (Wildman–Crippen LogP) is 2.01. The van der Waals surface area contributed by atoms with Crippen LogP contribution in [-0.2, 0) is 0 Å². The molecule has 1 unspecified atom stereocenters. The Hall–Kier alpha value is -3.60. The van der Waals surface area contributed by atoms with Crippen LogP contribution in [0.15, 0.2) is 29.2 Å². The Morgan fingerprint density at radius 1 is 1.16 bits per heavy atom. The van der Waals surface area contributed by atoms with Gasteiger partial charge in [0.2, 0.25) is 5.43 Å². The Bertz CT molecular complexity index is 1370. The first-order chi connectivity index (χ1) is 15.1. The summed E-state index contributed by atoms with van der Waals surface area (Å²) in [5.41, 5.74) is 9.06. The minimum atomic E-state index is -1.59. The molecule has 2 aromatic heterocycles. The molecule has 1 saturated carbocycles. The second kappa shape index (κ2) is 6.70. The average molecular weight is 445 g/mol. The number of hydrogen-bond donors (Lipinski definition) is 3. The number of carboxylic acid groups (broad SMARTS) is 1. The molecule has 1 spiro atoms. The Morgan fingerprint density at radius 2 is 1.88 bits per heavy atom. The van der Waals surface area contributed by atoms with Gasteiger partial charge in [-0.1, -0.05) is 0 Å². The third-order valence-electron chi connectivity index (χ3n) is 6.37. The molecule has 5 rings (SSSR count). The molecule has 1 aromatic carbocycles. The number of pyridine rings is 2. The Kier molecular flexibility index (Phi) is 4.25. The molecule has 8 nitrogen and oxygen atoms in total. The molecule has 0 bridgehead atoms. The van der Waals surface area contributed by atoms with E-state index in [9.17, 15) is 23.5 Å². The third-order valence-corrected chi connectivity index (χ3v) is 6.37. The first-order valence-corrected chi connectivity index (χ1v) is 9.86. The van der Waals surface area contributed by atoms with Gasteiger partial charge in [-0.05, 0) is 25.0 Å². The minimum Gasteiger partial charge on any atom is -0.477 e. The fourth-order valence-electron chi connectivity index (χ4n) is 4.35. The second-order valence-corrected chi connectivity index (χ2v) is 8.39. The maximum atomic E-state index is 15.0. The number of carboxylic acids is 1. The maximum Gasteiger partial charge on any atom is 0.341 e. The fourth-order valence-corrected chi connectivity index (χ4v) is 4.35. The number of halogens is 3. The normalized spacial score (nSPS) is 19.1. The molecule has 3 aromatic rings. The van der Waals surface area contributed by atoms with E-state index in [4.69, 9.17) is 11.5 Å². The van der Waals surface area contributed by atoms with Gasteiger partial charge >= 0.3 is 5.97 Å². The molecule has 32 heavy (non-hydrogen) atoms. The highest BCUT2D eigenvalue weighted by Gasteiger charge is 2.54. The van der Waals surface area contributed by atoms with E-state index in [1.165, 1.54) is 0 Å². The number of fused-ring (bicyclic) bond motifs is 1. The lowest BCUT2D eigenvalue weighted by Gasteiger charge is -2.20. The first kappa shape index (κ1) is 20.3. The minimum absolute atomic E-state index is 0.0801. The van der Waals surface area contributed by atoms with Gasteiger partial charge in [-0.25, -0.2) is 22.9 Å². The lowest BCUT2D eigenvalue weighted by Crippen LogP contribution is -2.30. The van der Waals surface area contributed by atoms with E-state index < -0.39 is 40.1 Å². The van der Waals surface area contributed by atoms with Gasteiger partial charge in [0.25, 0.3) is 0 Å². The number of nitrogens with zero attached hydrogens (tertiary/aromatic N) is 3. The van der Waals surface area contributed by atoms with Gasteiger partial charge in [0.05, 0.1) is 16.8 Å². The van der Waals surface area contributed by atoms with Crippen molar-refractivity contribution >= 4 is 28.5 Å². The summed E-state index contributed by atoms with van der Waals surface area (Å²) in [6.45, 7) is 0.837. The molecular weight excluding hydrogens is 427 g/mol. The zero-order valence-electron chi connectivity index (χ0n) is 16.6. The highest BCUT2D eigenvalue weighted by Crippen LogP contribution is 2.52. The molecule has 0 amide bonds. The standard InChI is InChI=1S/C21H18F3N5O3/c22-11-4-12(23)15(5-14(11)25)29-6-10(20(31)32)17(30)9-3-13(24)19(27-18(9)29)28-7-16(26)21(8-28)1-2-21/h3-6,16H,1-2,7-8,25-26H2,(H,31,32). The number of carbonyl (C=O) groups is 1. The molecule has 5 N–H and O–H groups in total. The summed E-state index contributed by atoms with van der Waals surface area (Å²) in [4.78, 5) is 30.2. The van der Waals surface area contributed by atoms with Gasteiger partial charge in [0.1, 0.15) is 17.2 Å². The number of nitrogens with two attached hydrogens (primary N) is 2. The van der Waals surface area contributed by atoms with E-state index in [-0.39, 0.29) is 34.0 Å². The number of anilines is 2. The van der Waals surface area contributed by atoms with Gasteiger partial charge in [-0.15, -0.1) is 0 Å². The smallest absolute Gasteiger partial charge is 0.341 e. The van der Waals surface area contributed by atoms with Crippen LogP contribution in [0, 0.1) is 22.9 Å². The quantitative estimate of drug-likeness (QED) is 0.526. The average Bonchev–Trinajstić information content (AvgIpc) is 3.44. The predicted molar refractivity (Wildman–Crippen MR) is 110 cm³/mol. The molecule has 2 aliphatic rings. The van der Waals surface area contributed by atoms with Crippen LogP contribution in [0.5, 0.6) is 0 Å². The molecule has 1 aliphatic carbocycles. The number of aromatic carboxylic acids is 1. The van der Waals surface area contributed by atoms with Crippen LogP contribution in [0.25, 0.3) is 16.7 Å². The summed E-state index contributed by atoms with van der Waals surface area (Å²) in [5.74, 6) is -4.57. The molecule has 166 valence electrons. The zero-order valence-corrected chi connectivity index (χ0v) is 16.6. The summed E-state index contributed by atoms with van der Waals surface area (Å²) in [5, 5.41) is 9.06. The van der Waals surface area contributed by atoms with E-state index in [1.54, 1.807) is 4.90 Å². The highest BCUT2D eigenvalue weighted by atomic mass is 19.1. The summed E-state index contributed by atoms with van der Waals surface area (Å²) >= 11 is 0. The van der Waals surface area contributed by atoms with Crippen molar-refractivity contribution in [1.82, 2.24) is 9.55 Å². The van der Waals surface area contributed by atoms with Crippen LogP contribution in [0.4, 0.5) is 24.7 Å². The Labute approximate surface area is 178 Å². The van der Waals surface area contributed by atoms with Crippen molar-refractivity contribution in [2.45, 2.75) is 18.9 Å². The summed E-state index contributed by atoms with van der Waals surface area (Å²) < 4.78 is 44.3. The molecule has 11 heteroatoms. The lowest BCUT2D eigenvalue weighted by molar-refractivity contribution is 0.0695. The second-order valence-electron chi connectivity index (χ2n) is 8.39. The zero-order chi connectivity index (χ0) is 22.9. The van der Waals surface area contributed by atoms with Crippen molar-refractivity contribution in [1.29, 1.82) is 0 Å². The number of benzene rings is 1. The topological polar surface area (TPSA) is 127 Å². The van der Waals surface area contributed by atoms with E-state index in [0.717, 1.165) is 35.7 Å². The summed E-state index contributed by atoms with van der Waals surface area (Å²) in [6.07, 6.45) is 2.72. The fraction of sp³-hybridized carbons (Fsp3) is 0.286. The van der Waals surface area contributed by atoms with Crippen LogP contribution < -0.4 is 21.8 Å². The van der Waals surface area contributed by atoms with Gasteiger partial charge in [-0.2, -0.15) is 0 Å². The van der Waals surface area contributed by atoms with Crippen LogP contribution in [0.2, 0.25) is 0 Å².